The zero-order valence-corrected chi connectivity index (χ0v) is 10.5. The second-order valence-corrected chi connectivity index (χ2v) is 4.67. The summed E-state index contributed by atoms with van der Waals surface area (Å²) >= 11 is 3.34. The molecule has 3 nitrogen and oxygen atoms in total. The highest BCUT2D eigenvalue weighted by Gasteiger charge is 2.07. The van der Waals surface area contributed by atoms with Gasteiger partial charge in [0.1, 0.15) is 6.29 Å². The standard InChI is InChI=1S/C12H13BrO3/c1-8(7-14)4-9-2-3-10(6-12(15)16)11(13)5-9/h2-3,5,7-8H,4,6H2,1H3,(H,15,16). The van der Waals surface area contributed by atoms with E-state index in [-0.39, 0.29) is 12.3 Å². The molecule has 1 rings (SSSR count). The van der Waals surface area contributed by atoms with Crippen molar-refractivity contribution in [1.82, 2.24) is 0 Å². The Hall–Kier alpha value is -1.16. The van der Waals surface area contributed by atoms with E-state index >= 15 is 0 Å². The predicted octanol–water partition coefficient (Wildman–Crippen LogP) is 2.45. The monoisotopic (exact) mass is 284 g/mol. The van der Waals surface area contributed by atoms with Gasteiger partial charge in [-0.05, 0) is 23.6 Å². The summed E-state index contributed by atoms with van der Waals surface area (Å²) in [7, 11) is 0. The summed E-state index contributed by atoms with van der Waals surface area (Å²) in [4.78, 5) is 21.1. The van der Waals surface area contributed by atoms with Gasteiger partial charge in [-0.2, -0.15) is 0 Å². The van der Waals surface area contributed by atoms with Gasteiger partial charge < -0.3 is 9.90 Å². The van der Waals surface area contributed by atoms with Gasteiger partial charge in [0, 0.05) is 10.4 Å². The lowest BCUT2D eigenvalue weighted by Gasteiger charge is -2.07. The third-order valence-electron chi connectivity index (χ3n) is 2.25. The van der Waals surface area contributed by atoms with Crippen LogP contribution in [0.5, 0.6) is 0 Å². The Morgan fingerprint density at radius 2 is 2.25 bits per heavy atom. The summed E-state index contributed by atoms with van der Waals surface area (Å²) in [6.07, 6.45) is 1.60. The molecule has 1 aromatic carbocycles. The molecule has 1 N–H and O–H groups in total. The minimum absolute atomic E-state index is 0.00406. The average molecular weight is 285 g/mol. The highest BCUT2D eigenvalue weighted by atomic mass is 79.9. The maximum absolute atomic E-state index is 10.6. The van der Waals surface area contributed by atoms with Crippen LogP contribution >= 0.6 is 15.9 Å². The summed E-state index contributed by atoms with van der Waals surface area (Å²) in [6.45, 7) is 1.85. The van der Waals surface area contributed by atoms with Gasteiger partial charge in [0.05, 0.1) is 6.42 Å². The smallest absolute Gasteiger partial charge is 0.307 e. The zero-order chi connectivity index (χ0) is 12.1. The number of carbonyl (C=O) groups excluding carboxylic acids is 1. The van der Waals surface area contributed by atoms with E-state index < -0.39 is 5.97 Å². The van der Waals surface area contributed by atoms with E-state index in [4.69, 9.17) is 5.11 Å². The molecule has 0 aliphatic carbocycles. The maximum Gasteiger partial charge on any atom is 0.307 e. The molecule has 16 heavy (non-hydrogen) atoms. The Balaban J connectivity index is 2.82. The Bertz CT molecular complexity index is 401. The van der Waals surface area contributed by atoms with Crippen LogP contribution in [0.2, 0.25) is 0 Å². The number of halogens is 1. The lowest BCUT2D eigenvalue weighted by molar-refractivity contribution is -0.136. The zero-order valence-electron chi connectivity index (χ0n) is 8.94. The molecule has 86 valence electrons. The summed E-state index contributed by atoms with van der Waals surface area (Å²) in [5, 5.41) is 8.68. The number of hydrogen-bond acceptors (Lipinski definition) is 2. The highest BCUT2D eigenvalue weighted by Crippen LogP contribution is 2.20. The normalized spacial score (nSPS) is 12.1. The molecule has 4 heteroatoms. The number of hydrogen-bond donors (Lipinski definition) is 1. The molecule has 0 aromatic heterocycles. The van der Waals surface area contributed by atoms with Crippen molar-refractivity contribution < 1.29 is 14.7 Å². The van der Waals surface area contributed by atoms with E-state index in [0.717, 1.165) is 21.9 Å². The molecular formula is C12H13BrO3. The van der Waals surface area contributed by atoms with Gasteiger partial charge in [-0.3, -0.25) is 4.79 Å². The number of carbonyl (C=O) groups is 2. The van der Waals surface area contributed by atoms with Crippen molar-refractivity contribution in [3.63, 3.8) is 0 Å². The Morgan fingerprint density at radius 1 is 1.56 bits per heavy atom. The second-order valence-electron chi connectivity index (χ2n) is 3.81. The van der Waals surface area contributed by atoms with Crippen LogP contribution in [0.1, 0.15) is 18.1 Å². The van der Waals surface area contributed by atoms with Crippen LogP contribution in [-0.2, 0) is 22.4 Å². The molecule has 1 atom stereocenters. The minimum Gasteiger partial charge on any atom is -0.481 e. The van der Waals surface area contributed by atoms with E-state index in [1.165, 1.54) is 0 Å². The Kier molecular flexibility index (Phi) is 4.68. The molecule has 0 fully saturated rings. The van der Waals surface area contributed by atoms with E-state index in [9.17, 15) is 9.59 Å². The molecule has 1 aromatic rings. The van der Waals surface area contributed by atoms with Gasteiger partial charge >= 0.3 is 5.97 Å². The first-order valence-electron chi connectivity index (χ1n) is 4.97. The topological polar surface area (TPSA) is 54.4 Å². The van der Waals surface area contributed by atoms with Crippen LogP contribution < -0.4 is 0 Å². The number of aldehydes is 1. The van der Waals surface area contributed by atoms with Gasteiger partial charge in [-0.1, -0.05) is 35.0 Å². The van der Waals surface area contributed by atoms with E-state index in [1.807, 2.05) is 19.1 Å². The lowest BCUT2D eigenvalue weighted by Crippen LogP contribution is -2.03. The molecule has 0 heterocycles. The number of rotatable bonds is 5. The predicted molar refractivity (Wildman–Crippen MR) is 64.4 cm³/mol. The Labute approximate surface area is 103 Å². The fourth-order valence-corrected chi connectivity index (χ4v) is 2.01. The molecule has 0 aliphatic rings. The van der Waals surface area contributed by atoms with Crippen molar-refractivity contribution in [3.05, 3.63) is 33.8 Å². The number of carboxylic acid groups (broad SMARTS) is 1. The largest absolute Gasteiger partial charge is 0.481 e. The molecular weight excluding hydrogens is 272 g/mol. The lowest BCUT2D eigenvalue weighted by atomic mass is 10.0. The van der Waals surface area contributed by atoms with Crippen LogP contribution in [0.4, 0.5) is 0 Å². The van der Waals surface area contributed by atoms with Crippen LogP contribution in [0.25, 0.3) is 0 Å². The molecule has 0 amide bonds. The van der Waals surface area contributed by atoms with Crippen molar-refractivity contribution in [2.45, 2.75) is 19.8 Å². The van der Waals surface area contributed by atoms with Crippen LogP contribution in [0, 0.1) is 5.92 Å². The molecule has 0 aliphatic heterocycles. The third-order valence-corrected chi connectivity index (χ3v) is 2.99. The molecule has 0 spiro atoms. The van der Waals surface area contributed by atoms with Gasteiger partial charge in [0.15, 0.2) is 0 Å². The van der Waals surface area contributed by atoms with Gasteiger partial charge in [0.25, 0.3) is 0 Å². The van der Waals surface area contributed by atoms with Crippen LogP contribution in [0.3, 0.4) is 0 Å². The van der Waals surface area contributed by atoms with Crippen LogP contribution in [-0.4, -0.2) is 17.4 Å². The quantitative estimate of drug-likeness (QED) is 0.845. The first kappa shape index (κ1) is 12.9. The first-order chi connectivity index (χ1) is 7.52. The van der Waals surface area contributed by atoms with E-state index in [2.05, 4.69) is 15.9 Å². The highest BCUT2D eigenvalue weighted by molar-refractivity contribution is 9.10. The second kappa shape index (κ2) is 5.80. The van der Waals surface area contributed by atoms with Gasteiger partial charge in [-0.25, -0.2) is 0 Å². The molecule has 0 saturated carbocycles. The first-order valence-corrected chi connectivity index (χ1v) is 5.76. The average Bonchev–Trinajstić information content (AvgIpc) is 2.21. The molecule has 0 saturated heterocycles. The van der Waals surface area contributed by atoms with E-state index in [0.29, 0.717) is 6.42 Å². The maximum atomic E-state index is 10.6. The van der Waals surface area contributed by atoms with Crippen molar-refractivity contribution in [1.29, 1.82) is 0 Å². The molecule has 0 bridgehead atoms. The molecule has 1 unspecified atom stereocenters. The summed E-state index contributed by atoms with van der Waals surface area (Å²) < 4.78 is 0.783. The van der Waals surface area contributed by atoms with Crippen LogP contribution in [0.15, 0.2) is 22.7 Å². The summed E-state index contributed by atoms with van der Waals surface area (Å²) in [6, 6.07) is 5.52. The van der Waals surface area contributed by atoms with Crippen molar-refractivity contribution in [3.8, 4) is 0 Å². The SMILES string of the molecule is CC(C=O)Cc1ccc(CC(=O)O)c(Br)c1. The summed E-state index contributed by atoms with van der Waals surface area (Å²) in [5.74, 6) is -0.869. The fraction of sp³-hybridized carbons (Fsp3) is 0.333. The van der Waals surface area contributed by atoms with E-state index in [1.54, 1.807) is 6.07 Å². The fourth-order valence-electron chi connectivity index (χ4n) is 1.44. The van der Waals surface area contributed by atoms with Gasteiger partial charge in [-0.15, -0.1) is 0 Å². The number of aliphatic carboxylic acids is 1. The van der Waals surface area contributed by atoms with Crippen molar-refractivity contribution >= 4 is 28.2 Å². The van der Waals surface area contributed by atoms with Gasteiger partial charge in [0.2, 0.25) is 0 Å². The number of benzene rings is 1. The third kappa shape index (κ3) is 3.77. The minimum atomic E-state index is -0.852. The van der Waals surface area contributed by atoms with Crippen molar-refractivity contribution in [2.24, 2.45) is 5.92 Å². The summed E-state index contributed by atoms with van der Waals surface area (Å²) in [5.41, 5.74) is 1.77. The van der Waals surface area contributed by atoms with Crippen molar-refractivity contribution in [2.75, 3.05) is 0 Å². The Morgan fingerprint density at radius 3 is 2.75 bits per heavy atom. The molecule has 0 radical (unpaired) electrons. The number of carboxylic acids is 1.